The van der Waals surface area contributed by atoms with Gasteiger partial charge in [-0.3, -0.25) is 25.0 Å². The molecule has 216 valence electrons. The molecule has 15 nitrogen and oxygen atoms in total. The molecule has 1 aliphatic rings. The van der Waals surface area contributed by atoms with Crippen LogP contribution in [0.5, 0.6) is 11.5 Å². The molecule has 0 saturated carbocycles. The highest BCUT2D eigenvalue weighted by atomic mass is 16.6. The molecule has 15 heteroatoms. The summed E-state index contributed by atoms with van der Waals surface area (Å²) < 4.78 is 14.7. The van der Waals surface area contributed by atoms with Crippen LogP contribution in [0.25, 0.3) is 0 Å². The van der Waals surface area contributed by atoms with E-state index in [2.05, 4.69) is 0 Å². The summed E-state index contributed by atoms with van der Waals surface area (Å²) in [7, 11) is 3.96. The Morgan fingerprint density at radius 1 is 0.900 bits per heavy atom. The normalized spacial score (nSPS) is 16.2. The number of carbonyl (C=O) groups excluding carboxylic acids is 2. The van der Waals surface area contributed by atoms with Crippen molar-refractivity contribution in [3.8, 4) is 11.5 Å². The van der Waals surface area contributed by atoms with Crippen LogP contribution < -0.4 is 9.47 Å². The first kappa shape index (κ1) is 31.4. The zero-order valence-corrected chi connectivity index (χ0v) is 22.4. The lowest BCUT2D eigenvalue weighted by molar-refractivity contribution is -0.385. The van der Waals surface area contributed by atoms with Gasteiger partial charge in [0, 0.05) is 37.2 Å². The molecule has 0 aromatic heterocycles. The van der Waals surface area contributed by atoms with Crippen LogP contribution in [-0.4, -0.2) is 82.8 Å². The molecular weight excluding hydrogens is 534 g/mol. The average molecular weight is 564 g/mol. The van der Waals surface area contributed by atoms with Gasteiger partial charge in [-0.05, 0) is 31.4 Å². The lowest BCUT2D eigenvalue weighted by atomic mass is 9.97. The van der Waals surface area contributed by atoms with E-state index in [9.17, 15) is 39.7 Å². The number of hydrogen-bond donors (Lipinski definition) is 2. The maximum absolute atomic E-state index is 12.9. The molecule has 1 heterocycles. The van der Waals surface area contributed by atoms with Crippen LogP contribution in [0.1, 0.15) is 44.7 Å². The van der Waals surface area contributed by atoms with E-state index in [0.29, 0.717) is 22.6 Å². The number of nitro benzene ring substituents is 2. The smallest absolute Gasteiger partial charge is 0.342 e. The molecule has 1 fully saturated rings. The number of piperidine rings is 1. The number of benzene rings is 2. The number of aromatic carboxylic acids is 1. The molecule has 2 aromatic rings. The number of carboxylic acid groups (broad SMARTS) is 1. The number of aliphatic hydroxyl groups is 1. The SMILES string of the molecule is COC(=O)[C@@H]1C[C@H](O)CCN1C(=O)c1cc(OC)c(C)cc1[N+](=O)[O-].COc1cc(C(=O)O)c([N+](=O)[O-])cc1C. The molecule has 2 atom stereocenters. The fourth-order valence-corrected chi connectivity index (χ4v) is 4.13. The second-order valence-electron chi connectivity index (χ2n) is 8.71. The summed E-state index contributed by atoms with van der Waals surface area (Å²) in [5.41, 5.74) is -0.294. The summed E-state index contributed by atoms with van der Waals surface area (Å²) in [6, 6.07) is 3.90. The molecule has 1 saturated heterocycles. The Hall–Kier alpha value is -4.79. The number of rotatable bonds is 7. The van der Waals surface area contributed by atoms with Crippen molar-refractivity contribution in [2.24, 2.45) is 0 Å². The fourth-order valence-electron chi connectivity index (χ4n) is 4.13. The Labute approximate surface area is 228 Å². The number of ether oxygens (including phenoxy) is 3. The van der Waals surface area contributed by atoms with Crippen molar-refractivity contribution in [3.63, 3.8) is 0 Å². The summed E-state index contributed by atoms with van der Waals surface area (Å²) >= 11 is 0. The first-order chi connectivity index (χ1) is 18.8. The lowest BCUT2D eigenvalue weighted by Gasteiger charge is -2.36. The number of aliphatic hydroxyl groups excluding tert-OH is 1. The standard InChI is InChI=1S/C16H20N2O7.C9H9NO5/c1-9-6-12(18(22)23)11(8-14(9)24-2)15(20)17-5-4-10(19)7-13(17)16(21)25-3;1-5-3-7(10(13)14)6(9(11)12)4-8(5)15-2/h6,8,10,13,19H,4-5,7H2,1-3H3;3-4H,1-2H3,(H,11,12)/t10-,13+;/m1./s1. The minimum atomic E-state index is -1.35. The zero-order valence-electron chi connectivity index (χ0n) is 22.4. The predicted octanol–water partition coefficient (Wildman–Crippen LogP) is 2.66. The van der Waals surface area contributed by atoms with Gasteiger partial charge in [-0.2, -0.15) is 0 Å². The first-order valence-electron chi connectivity index (χ1n) is 11.7. The Balaban J connectivity index is 0.000000319. The molecule has 2 aromatic carbocycles. The molecule has 2 N–H and O–H groups in total. The van der Waals surface area contributed by atoms with Crippen LogP contribution in [0.4, 0.5) is 11.4 Å². The van der Waals surface area contributed by atoms with Gasteiger partial charge in [-0.15, -0.1) is 0 Å². The highest BCUT2D eigenvalue weighted by Gasteiger charge is 2.39. The van der Waals surface area contributed by atoms with E-state index in [1.165, 1.54) is 44.4 Å². The molecule has 0 bridgehead atoms. The number of methoxy groups -OCH3 is 3. The fraction of sp³-hybridized carbons (Fsp3) is 0.400. The Morgan fingerprint density at radius 3 is 1.80 bits per heavy atom. The van der Waals surface area contributed by atoms with Crippen LogP contribution in [0.2, 0.25) is 0 Å². The lowest BCUT2D eigenvalue weighted by Crippen LogP contribution is -2.51. The molecule has 1 amide bonds. The number of aryl methyl sites for hydroxylation is 2. The van der Waals surface area contributed by atoms with Crippen LogP contribution in [0.15, 0.2) is 24.3 Å². The van der Waals surface area contributed by atoms with Gasteiger partial charge in [0.25, 0.3) is 17.3 Å². The van der Waals surface area contributed by atoms with Crippen molar-refractivity contribution in [2.45, 2.75) is 38.8 Å². The number of hydrogen-bond acceptors (Lipinski definition) is 11. The highest BCUT2D eigenvalue weighted by molar-refractivity contribution is 6.01. The third-order valence-corrected chi connectivity index (χ3v) is 6.19. The highest BCUT2D eigenvalue weighted by Crippen LogP contribution is 2.31. The van der Waals surface area contributed by atoms with Crippen molar-refractivity contribution >= 4 is 29.2 Å². The molecule has 0 spiro atoms. The van der Waals surface area contributed by atoms with Gasteiger partial charge in [0.05, 0.1) is 37.3 Å². The van der Waals surface area contributed by atoms with E-state index in [4.69, 9.17) is 19.3 Å². The van der Waals surface area contributed by atoms with Gasteiger partial charge in [-0.1, -0.05) is 0 Å². The minimum Gasteiger partial charge on any atom is -0.496 e. The molecule has 40 heavy (non-hydrogen) atoms. The van der Waals surface area contributed by atoms with E-state index < -0.39 is 45.5 Å². The summed E-state index contributed by atoms with van der Waals surface area (Å²) in [6.45, 7) is 3.33. The van der Waals surface area contributed by atoms with Crippen molar-refractivity contribution < 1.29 is 48.7 Å². The van der Waals surface area contributed by atoms with Crippen LogP contribution in [0, 0.1) is 34.1 Å². The molecule has 0 aliphatic carbocycles. The maximum Gasteiger partial charge on any atom is 0.342 e. The monoisotopic (exact) mass is 563 g/mol. The van der Waals surface area contributed by atoms with Gasteiger partial charge in [-0.25, -0.2) is 9.59 Å². The molecule has 0 unspecified atom stereocenters. The van der Waals surface area contributed by atoms with E-state index in [1.807, 2.05) is 0 Å². The van der Waals surface area contributed by atoms with Crippen LogP contribution in [0.3, 0.4) is 0 Å². The quantitative estimate of drug-likeness (QED) is 0.283. The second-order valence-corrected chi connectivity index (χ2v) is 8.71. The second kappa shape index (κ2) is 13.3. The van der Waals surface area contributed by atoms with Crippen molar-refractivity contribution in [3.05, 3.63) is 66.7 Å². The topological polar surface area (TPSA) is 209 Å². The number of likely N-dealkylation sites (tertiary alicyclic amines) is 1. The van der Waals surface area contributed by atoms with Crippen molar-refractivity contribution in [1.82, 2.24) is 4.90 Å². The Morgan fingerprint density at radius 2 is 1.38 bits per heavy atom. The van der Waals surface area contributed by atoms with Crippen molar-refractivity contribution in [1.29, 1.82) is 0 Å². The summed E-state index contributed by atoms with van der Waals surface area (Å²) in [4.78, 5) is 57.4. The number of nitrogens with zero attached hydrogens (tertiary/aromatic N) is 3. The summed E-state index contributed by atoms with van der Waals surface area (Å²) in [6.07, 6.45) is -0.443. The van der Waals surface area contributed by atoms with E-state index in [-0.39, 0.29) is 36.2 Å². The number of carboxylic acids is 1. The van der Waals surface area contributed by atoms with Gasteiger partial charge >= 0.3 is 11.9 Å². The zero-order chi connectivity index (χ0) is 30.3. The molecule has 1 aliphatic heterocycles. The first-order valence-corrected chi connectivity index (χ1v) is 11.7. The van der Waals surface area contributed by atoms with E-state index in [1.54, 1.807) is 13.8 Å². The molecule has 0 radical (unpaired) electrons. The Kier molecular flexibility index (Phi) is 10.5. The third kappa shape index (κ3) is 6.99. The number of nitro groups is 2. The van der Waals surface area contributed by atoms with E-state index >= 15 is 0 Å². The Bertz CT molecular complexity index is 1330. The van der Waals surface area contributed by atoms with E-state index in [0.717, 1.165) is 6.07 Å². The molecule has 3 rings (SSSR count). The summed E-state index contributed by atoms with van der Waals surface area (Å²) in [5.74, 6) is -2.04. The summed E-state index contributed by atoms with van der Waals surface area (Å²) in [5, 5.41) is 40.5. The van der Waals surface area contributed by atoms with Crippen molar-refractivity contribution in [2.75, 3.05) is 27.9 Å². The van der Waals surface area contributed by atoms with Gasteiger partial charge in [0.2, 0.25) is 0 Å². The van der Waals surface area contributed by atoms with Gasteiger partial charge in [0.15, 0.2) is 0 Å². The maximum atomic E-state index is 12.9. The van der Waals surface area contributed by atoms with Gasteiger partial charge in [0.1, 0.15) is 28.7 Å². The number of esters is 1. The van der Waals surface area contributed by atoms with Gasteiger partial charge < -0.3 is 29.3 Å². The number of carbonyl (C=O) groups is 3. The molecular formula is C25H29N3O12. The average Bonchev–Trinajstić information content (AvgIpc) is 2.91. The predicted molar refractivity (Wildman–Crippen MR) is 138 cm³/mol. The van der Waals surface area contributed by atoms with Crippen LogP contribution >= 0.6 is 0 Å². The largest absolute Gasteiger partial charge is 0.496 e. The minimum absolute atomic E-state index is 0.0230. The third-order valence-electron chi connectivity index (χ3n) is 6.19. The van der Waals surface area contributed by atoms with Crippen LogP contribution in [-0.2, 0) is 9.53 Å². The number of amides is 1.